The van der Waals surface area contributed by atoms with Crippen LogP contribution in [0.2, 0.25) is 10.0 Å². The van der Waals surface area contributed by atoms with Crippen molar-refractivity contribution in [3.05, 3.63) is 93.6 Å². The number of fused-ring (bicyclic) bond motifs is 3. The Morgan fingerprint density at radius 2 is 1.66 bits per heavy atom. The minimum absolute atomic E-state index is 0.337. The van der Waals surface area contributed by atoms with E-state index in [0.29, 0.717) is 28.8 Å². The van der Waals surface area contributed by atoms with E-state index >= 15 is 0 Å². The summed E-state index contributed by atoms with van der Waals surface area (Å²) in [6, 6.07) is 20.0. The van der Waals surface area contributed by atoms with Gasteiger partial charge in [-0.2, -0.15) is 0 Å². The Kier molecular flexibility index (Phi) is 5.45. The lowest BCUT2D eigenvalue weighted by Crippen LogP contribution is -2.42. The van der Waals surface area contributed by atoms with Crippen molar-refractivity contribution in [1.29, 1.82) is 0 Å². The molecule has 2 heterocycles. The first kappa shape index (κ1) is 20.7. The molecule has 1 aliphatic rings. The lowest BCUT2D eigenvalue weighted by atomic mass is 9.92. The third kappa shape index (κ3) is 3.78. The number of halogens is 2. The highest BCUT2D eigenvalue weighted by molar-refractivity contribution is 6.31. The molecule has 1 unspecified atom stereocenters. The van der Waals surface area contributed by atoms with Gasteiger partial charge in [-0.05, 0) is 66.1 Å². The highest BCUT2D eigenvalue weighted by atomic mass is 35.5. The summed E-state index contributed by atoms with van der Waals surface area (Å²) < 4.78 is 11.0. The molecule has 0 aliphatic carbocycles. The maximum Gasteiger partial charge on any atom is 0.416 e. The van der Waals surface area contributed by atoms with Crippen molar-refractivity contribution in [3.8, 4) is 11.5 Å². The van der Waals surface area contributed by atoms with Crippen LogP contribution >= 0.6 is 23.2 Å². The Morgan fingerprint density at radius 1 is 0.969 bits per heavy atom. The molecule has 4 aromatic rings. The fraction of sp³-hybridized carbons (Fsp3) is 0.160. The van der Waals surface area contributed by atoms with E-state index in [0.717, 1.165) is 27.9 Å². The number of methoxy groups -OCH3 is 1. The van der Waals surface area contributed by atoms with Crippen molar-refractivity contribution in [2.75, 3.05) is 13.7 Å². The Bertz CT molecular complexity index is 1280. The van der Waals surface area contributed by atoms with Crippen molar-refractivity contribution in [2.45, 2.75) is 12.5 Å². The first-order chi connectivity index (χ1) is 15.5. The van der Waals surface area contributed by atoms with Crippen molar-refractivity contribution in [2.24, 2.45) is 0 Å². The van der Waals surface area contributed by atoms with Gasteiger partial charge >= 0.3 is 6.09 Å². The maximum absolute atomic E-state index is 13.2. The van der Waals surface area contributed by atoms with Gasteiger partial charge in [-0.3, -0.25) is 4.90 Å². The Hall–Kier alpha value is -3.15. The van der Waals surface area contributed by atoms with Crippen molar-refractivity contribution in [3.63, 3.8) is 0 Å². The first-order valence-corrected chi connectivity index (χ1v) is 11.0. The number of hydrogen-bond donors (Lipinski definition) is 1. The molecule has 1 aromatic heterocycles. The second kappa shape index (κ2) is 8.41. The van der Waals surface area contributed by atoms with E-state index in [1.165, 1.54) is 5.56 Å². The summed E-state index contributed by atoms with van der Waals surface area (Å²) in [4.78, 5) is 18.5. The standard InChI is InChI=1S/C25H20Cl2N2O3/c1-31-18-7-2-15(3-8-18)24-23-21(20-11-6-17(27)14-22(20)28-23)12-13-29(24)25(30)32-19-9-4-16(26)5-10-19/h2-11,14,24,28H,12-13H2,1H3. The molecule has 0 spiro atoms. The van der Waals surface area contributed by atoms with Crippen LogP contribution in [0, 0.1) is 0 Å². The largest absolute Gasteiger partial charge is 0.497 e. The number of carbonyl (C=O) groups is 1. The average molecular weight is 467 g/mol. The monoisotopic (exact) mass is 466 g/mol. The van der Waals surface area contributed by atoms with Crippen LogP contribution in [0.4, 0.5) is 4.79 Å². The summed E-state index contributed by atoms with van der Waals surface area (Å²) in [7, 11) is 1.63. The zero-order valence-electron chi connectivity index (χ0n) is 17.3. The maximum atomic E-state index is 13.2. The van der Waals surface area contributed by atoms with E-state index in [-0.39, 0.29) is 6.04 Å². The predicted molar refractivity (Wildman–Crippen MR) is 126 cm³/mol. The summed E-state index contributed by atoms with van der Waals surface area (Å²) in [6.45, 7) is 0.520. The number of aromatic amines is 1. The molecule has 0 bridgehead atoms. The number of carbonyl (C=O) groups excluding carboxylic acids is 1. The number of H-pyrrole nitrogens is 1. The van der Waals surface area contributed by atoms with Gasteiger partial charge in [0.25, 0.3) is 0 Å². The van der Waals surface area contributed by atoms with Crippen LogP contribution in [0.25, 0.3) is 10.9 Å². The molecular formula is C25H20Cl2N2O3. The van der Waals surface area contributed by atoms with Crippen molar-refractivity contribution >= 4 is 40.2 Å². The summed E-state index contributed by atoms with van der Waals surface area (Å²) in [5.41, 5.74) is 4.06. The molecule has 0 fully saturated rings. The Balaban J connectivity index is 1.57. The molecule has 32 heavy (non-hydrogen) atoms. The molecule has 5 nitrogen and oxygen atoms in total. The van der Waals surface area contributed by atoms with Crippen LogP contribution in [0.5, 0.6) is 11.5 Å². The van der Waals surface area contributed by atoms with Gasteiger partial charge < -0.3 is 14.5 Å². The molecule has 5 rings (SSSR count). The SMILES string of the molecule is COc1ccc(C2c3[nH]c4cc(Cl)ccc4c3CCN2C(=O)Oc2ccc(Cl)cc2)cc1. The lowest BCUT2D eigenvalue weighted by Gasteiger charge is -2.35. The van der Waals surface area contributed by atoms with Crippen molar-refractivity contribution in [1.82, 2.24) is 9.88 Å². The number of aromatic nitrogens is 1. The van der Waals surface area contributed by atoms with Gasteiger partial charge in [0.1, 0.15) is 17.5 Å². The first-order valence-electron chi connectivity index (χ1n) is 10.2. The third-order valence-electron chi connectivity index (χ3n) is 5.77. The van der Waals surface area contributed by atoms with Crippen LogP contribution in [0.3, 0.4) is 0 Å². The number of benzene rings is 3. The van der Waals surface area contributed by atoms with E-state index in [4.69, 9.17) is 32.7 Å². The number of rotatable bonds is 3. The van der Waals surface area contributed by atoms with Gasteiger partial charge in [0, 0.05) is 33.2 Å². The van der Waals surface area contributed by atoms with Gasteiger partial charge in [0.2, 0.25) is 0 Å². The van der Waals surface area contributed by atoms with E-state index < -0.39 is 6.09 Å². The minimum Gasteiger partial charge on any atom is -0.497 e. The van der Waals surface area contributed by atoms with E-state index in [1.54, 1.807) is 36.3 Å². The third-order valence-corrected chi connectivity index (χ3v) is 6.26. The van der Waals surface area contributed by atoms with Gasteiger partial charge in [0.05, 0.1) is 7.11 Å². The molecule has 1 atom stereocenters. The number of nitrogens with one attached hydrogen (secondary N) is 1. The minimum atomic E-state index is -0.421. The van der Waals surface area contributed by atoms with E-state index in [1.807, 2.05) is 42.5 Å². The molecule has 1 aliphatic heterocycles. The fourth-order valence-electron chi connectivity index (χ4n) is 4.26. The quantitative estimate of drug-likeness (QED) is 0.368. The Morgan fingerprint density at radius 3 is 2.38 bits per heavy atom. The van der Waals surface area contributed by atoms with E-state index in [9.17, 15) is 4.79 Å². The van der Waals surface area contributed by atoms with Gasteiger partial charge in [0.15, 0.2) is 0 Å². The molecule has 0 radical (unpaired) electrons. The number of amides is 1. The van der Waals surface area contributed by atoms with Crippen LogP contribution in [-0.2, 0) is 6.42 Å². The molecule has 0 saturated carbocycles. The topological polar surface area (TPSA) is 54.6 Å². The predicted octanol–water partition coefficient (Wildman–Crippen LogP) is 6.63. The number of nitrogens with zero attached hydrogens (tertiary/aromatic N) is 1. The highest BCUT2D eigenvalue weighted by Crippen LogP contribution is 2.39. The van der Waals surface area contributed by atoms with Gasteiger partial charge in [-0.25, -0.2) is 4.79 Å². The zero-order chi connectivity index (χ0) is 22.2. The van der Waals surface area contributed by atoms with Crippen LogP contribution in [0.15, 0.2) is 66.7 Å². The van der Waals surface area contributed by atoms with Crippen molar-refractivity contribution < 1.29 is 14.3 Å². The van der Waals surface area contributed by atoms with Gasteiger partial charge in [-0.1, -0.05) is 41.4 Å². The normalized spacial score (nSPS) is 15.5. The van der Waals surface area contributed by atoms with Crippen LogP contribution in [-0.4, -0.2) is 29.6 Å². The number of ether oxygens (including phenoxy) is 2. The lowest BCUT2D eigenvalue weighted by molar-refractivity contribution is 0.135. The second-order valence-corrected chi connectivity index (χ2v) is 8.52. The van der Waals surface area contributed by atoms with E-state index in [2.05, 4.69) is 4.98 Å². The summed E-state index contributed by atoms with van der Waals surface area (Å²) in [6.07, 6.45) is 0.287. The summed E-state index contributed by atoms with van der Waals surface area (Å²) in [5.74, 6) is 1.20. The smallest absolute Gasteiger partial charge is 0.416 e. The molecule has 3 aromatic carbocycles. The van der Waals surface area contributed by atoms with Crippen LogP contribution < -0.4 is 9.47 Å². The van der Waals surface area contributed by atoms with Gasteiger partial charge in [-0.15, -0.1) is 0 Å². The zero-order valence-corrected chi connectivity index (χ0v) is 18.8. The summed E-state index contributed by atoms with van der Waals surface area (Å²) in [5, 5.41) is 2.37. The fourth-order valence-corrected chi connectivity index (χ4v) is 4.56. The molecule has 0 saturated heterocycles. The highest BCUT2D eigenvalue weighted by Gasteiger charge is 2.35. The van der Waals surface area contributed by atoms with Crippen LogP contribution in [0.1, 0.15) is 22.9 Å². The summed E-state index contributed by atoms with van der Waals surface area (Å²) >= 11 is 12.2. The number of hydrogen-bond acceptors (Lipinski definition) is 3. The second-order valence-electron chi connectivity index (χ2n) is 7.65. The molecule has 1 N–H and O–H groups in total. The molecule has 1 amide bonds. The Labute approximate surface area is 195 Å². The molecular weight excluding hydrogens is 447 g/mol. The average Bonchev–Trinajstić information content (AvgIpc) is 3.17. The molecule has 162 valence electrons. The molecule has 7 heteroatoms.